The number of hydrogen-bond acceptors (Lipinski definition) is 4. The third-order valence-electron chi connectivity index (χ3n) is 5.77. The first-order chi connectivity index (χ1) is 12.5. The summed E-state index contributed by atoms with van der Waals surface area (Å²) in [6, 6.07) is 11.4. The van der Waals surface area contributed by atoms with Crippen LogP contribution in [0.15, 0.2) is 30.3 Å². The molecule has 0 bridgehead atoms. The summed E-state index contributed by atoms with van der Waals surface area (Å²) in [5, 5.41) is 3.49. The Kier molecular flexibility index (Phi) is 7.01. The van der Waals surface area contributed by atoms with Gasteiger partial charge in [-0.25, -0.2) is 0 Å². The number of rotatable bonds is 5. The second-order valence-electron chi connectivity index (χ2n) is 8.06. The molecule has 5 heteroatoms. The van der Waals surface area contributed by atoms with Crippen LogP contribution in [0.25, 0.3) is 0 Å². The van der Waals surface area contributed by atoms with Crippen LogP contribution in [-0.2, 0) is 11.3 Å². The summed E-state index contributed by atoms with van der Waals surface area (Å²) in [6.45, 7) is 8.74. The maximum absolute atomic E-state index is 12.8. The van der Waals surface area contributed by atoms with Crippen molar-refractivity contribution in [2.24, 2.45) is 11.8 Å². The topological polar surface area (TPSA) is 35.6 Å². The number of benzene rings is 1. The van der Waals surface area contributed by atoms with E-state index in [1.54, 1.807) is 0 Å². The first-order valence-electron chi connectivity index (χ1n) is 9.87. The van der Waals surface area contributed by atoms with Crippen molar-refractivity contribution in [3.8, 4) is 0 Å². The van der Waals surface area contributed by atoms with E-state index in [0.717, 1.165) is 37.7 Å². The molecule has 1 N–H and O–H groups in total. The number of amides is 1. The number of thioether (sulfide) groups is 1. The van der Waals surface area contributed by atoms with Crippen LogP contribution in [0.1, 0.15) is 25.8 Å². The molecule has 26 heavy (non-hydrogen) atoms. The minimum Gasteiger partial charge on any atom is -0.342 e. The van der Waals surface area contributed by atoms with E-state index in [4.69, 9.17) is 0 Å². The Morgan fingerprint density at radius 1 is 1.23 bits per heavy atom. The minimum atomic E-state index is 0.296. The third kappa shape index (κ3) is 5.02. The third-order valence-corrected chi connectivity index (χ3v) is 6.90. The molecule has 0 aliphatic carbocycles. The summed E-state index contributed by atoms with van der Waals surface area (Å²) < 4.78 is 0. The first kappa shape index (κ1) is 19.7. The fourth-order valence-electron chi connectivity index (χ4n) is 4.67. The van der Waals surface area contributed by atoms with Crippen LogP contribution in [0.3, 0.4) is 0 Å². The van der Waals surface area contributed by atoms with E-state index in [9.17, 15) is 4.79 Å². The average Bonchev–Trinajstić information content (AvgIpc) is 2.62. The zero-order chi connectivity index (χ0) is 18.5. The molecule has 4 nitrogen and oxygen atoms in total. The molecule has 0 radical (unpaired) electrons. The van der Waals surface area contributed by atoms with Gasteiger partial charge in [0, 0.05) is 63.2 Å². The molecule has 2 saturated heterocycles. The van der Waals surface area contributed by atoms with Gasteiger partial charge < -0.3 is 10.2 Å². The number of piperidine rings is 1. The molecule has 3 rings (SSSR count). The highest BCUT2D eigenvalue weighted by molar-refractivity contribution is 7.99. The number of carbonyl (C=O) groups is 1. The SMILES string of the molecule is CC1CN(Cc2ccccc2)CC(C)C1N(C)C(=O)CC1CSCCN1. The molecular weight excluding hydrogens is 342 g/mol. The van der Waals surface area contributed by atoms with Crippen LogP contribution < -0.4 is 5.32 Å². The van der Waals surface area contributed by atoms with Crippen molar-refractivity contribution < 1.29 is 4.79 Å². The fraction of sp³-hybridized carbons (Fsp3) is 0.667. The number of nitrogens with one attached hydrogen (secondary N) is 1. The maximum atomic E-state index is 12.8. The molecule has 2 fully saturated rings. The molecule has 3 unspecified atom stereocenters. The van der Waals surface area contributed by atoms with Gasteiger partial charge in [-0.3, -0.25) is 9.69 Å². The van der Waals surface area contributed by atoms with Gasteiger partial charge in [0.05, 0.1) is 0 Å². The lowest BCUT2D eigenvalue weighted by molar-refractivity contribution is -0.136. The van der Waals surface area contributed by atoms with Crippen LogP contribution in [0.2, 0.25) is 0 Å². The second-order valence-corrected chi connectivity index (χ2v) is 9.21. The molecule has 0 saturated carbocycles. The van der Waals surface area contributed by atoms with Crippen LogP contribution >= 0.6 is 11.8 Å². The van der Waals surface area contributed by atoms with Gasteiger partial charge in [0.15, 0.2) is 0 Å². The summed E-state index contributed by atoms with van der Waals surface area (Å²) in [5.74, 6) is 3.50. The molecule has 144 valence electrons. The molecule has 1 amide bonds. The fourth-order valence-corrected chi connectivity index (χ4v) is 5.62. The molecule has 2 aliphatic rings. The van der Waals surface area contributed by atoms with E-state index in [-0.39, 0.29) is 0 Å². The van der Waals surface area contributed by atoms with Crippen molar-refractivity contribution in [1.29, 1.82) is 0 Å². The van der Waals surface area contributed by atoms with Gasteiger partial charge in [-0.1, -0.05) is 44.2 Å². The van der Waals surface area contributed by atoms with Gasteiger partial charge in [-0.2, -0.15) is 11.8 Å². The van der Waals surface area contributed by atoms with E-state index in [2.05, 4.69) is 59.3 Å². The zero-order valence-corrected chi connectivity index (χ0v) is 17.2. The Balaban J connectivity index is 1.55. The molecule has 3 atom stereocenters. The number of nitrogens with zero attached hydrogens (tertiary/aromatic N) is 2. The van der Waals surface area contributed by atoms with Crippen molar-refractivity contribution in [2.45, 2.75) is 38.9 Å². The van der Waals surface area contributed by atoms with Crippen molar-refractivity contribution >= 4 is 17.7 Å². The second kappa shape index (κ2) is 9.25. The summed E-state index contributed by atoms with van der Waals surface area (Å²) in [7, 11) is 2.02. The highest BCUT2D eigenvalue weighted by Crippen LogP contribution is 2.28. The van der Waals surface area contributed by atoms with Crippen LogP contribution in [0, 0.1) is 11.8 Å². The summed E-state index contributed by atoms with van der Waals surface area (Å²) in [4.78, 5) is 17.4. The standard InChI is InChI=1S/C21H33N3OS/c1-16-12-24(14-18-7-5-4-6-8-18)13-17(2)21(16)23(3)20(25)11-19-15-26-10-9-22-19/h4-8,16-17,19,21-22H,9-15H2,1-3H3. The number of hydrogen-bond donors (Lipinski definition) is 1. The molecule has 0 spiro atoms. The number of carbonyl (C=O) groups excluding carboxylic acids is 1. The maximum Gasteiger partial charge on any atom is 0.224 e. The first-order valence-corrected chi connectivity index (χ1v) is 11.0. The molecule has 1 aromatic rings. The van der Waals surface area contributed by atoms with Gasteiger partial charge in [-0.15, -0.1) is 0 Å². The van der Waals surface area contributed by atoms with Crippen molar-refractivity contribution in [1.82, 2.24) is 15.1 Å². The predicted molar refractivity (Wildman–Crippen MR) is 110 cm³/mol. The van der Waals surface area contributed by atoms with Crippen LogP contribution in [0.4, 0.5) is 0 Å². The van der Waals surface area contributed by atoms with E-state index in [0.29, 0.717) is 36.2 Å². The summed E-state index contributed by atoms with van der Waals surface area (Å²) >= 11 is 1.95. The molecule has 0 aromatic heterocycles. The monoisotopic (exact) mass is 375 g/mol. The van der Waals surface area contributed by atoms with Gasteiger partial charge in [-0.05, 0) is 17.4 Å². The Morgan fingerprint density at radius 2 is 1.92 bits per heavy atom. The molecule has 1 aromatic carbocycles. The normalized spacial score (nSPS) is 30.1. The largest absolute Gasteiger partial charge is 0.342 e. The zero-order valence-electron chi connectivity index (χ0n) is 16.4. The smallest absolute Gasteiger partial charge is 0.224 e. The Morgan fingerprint density at radius 3 is 2.54 bits per heavy atom. The van der Waals surface area contributed by atoms with E-state index < -0.39 is 0 Å². The van der Waals surface area contributed by atoms with Crippen LogP contribution in [-0.4, -0.2) is 66.0 Å². The lowest BCUT2D eigenvalue weighted by atomic mass is 9.84. The lowest BCUT2D eigenvalue weighted by Crippen LogP contribution is -2.55. The van der Waals surface area contributed by atoms with Crippen LogP contribution in [0.5, 0.6) is 0 Å². The van der Waals surface area contributed by atoms with Gasteiger partial charge in [0.25, 0.3) is 0 Å². The molecule has 2 heterocycles. The lowest BCUT2D eigenvalue weighted by Gasteiger charge is -2.45. The van der Waals surface area contributed by atoms with Gasteiger partial charge >= 0.3 is 0 Å². The van der Waals surface area contributed by atoms with Crippen molar-refractivity contribution in [3.05, 3.63) is 35.9 Å². The van der Waals surface area contributed by atoms with Crippen molar-refractivity contribution in [3.63, 3.8) is 0 Å². The summed E-state index contributed by atoms with van der Waals surface area (Å²) in [5.41, 5.74) is 1.37. The Labute approximate surface area is 162 Å². The van der Waals surface area contributed by atoms with Crippen molar-refractivity contribution in [2.75, 3.05) is 38.2 Å². The molecule has 2 aliphatic heterocycles. The Bertz CT molecular complexity index is 564. The van der Waals surface area contributed by atoms with E-state index in [1.807, 2.05) is 18.8 Å². The quantitative estimate of drug-likeness (QED) is 0.858. The average molecular weight is 376 g/mol. The predicted octanol–water partition coefficient (Wildman–Crippen LogP) is 2.70. The molecular formula is C21H33N3OS. The van der Waals surface area contributed by atoms with E-state index >= 15 is 0 Å². The van der Waals surface area contributed by atoms with Gasteiger partial charge in [0.1, 0.15) is 0 Å². The highest BCUT2D eigenvalue weighted by Gasteiger charge is 2.36. The number of likely N-dealkylation sites (tertiary alicyclic amines) is 1. The van der Waals surface area contributed by atoms with E-state index in [1.165, 1.54) is 5.56 Å². The Hall–Kier alpha value is -1.04. The minimum absolute atomic E-state index is 0.296. The summed E-state index contributed by atoms with van der Waals surface area (Å²) in [6.07, 6.45) is 0.632. The van der Waals surface area contributed by atoms with Gasteiger partial charge in [0.2, 0.25) is 5.91 Å². The highest BCUT2D eigenvalue weighted by atomic mass is 32.2.